The van der Waals surface area contributed by atoms with Gasteiger partial charge in [-0.2, -0.15) is 0 Å². The second kappa shape index (κ2) is 8.87. The lowest BCUT2D eigenvalue weighted by Gasteiger charge is -2.18. The van der Waals surface area contributed by atoms with Crippen molar-refractivity contribution in [2.75, 3.05) is 11.9 Å². The standard InChI is InChI=1S/C20H23NO4/c1-4-18(25-15-10-7-6-8-11-15)19(22)21-17-13-9-12-16(14(17)3)20(23)24-5-2/h6-13,18H,4-5H2,1-3H3,(H,21,22). The second-order valence-electron chi connectivity index (χ2n) is 5.52. The Morgan fingerprint density at radius 3 is 2.40 bits per heavy atom. The molecular formula is C20H23NO4. The van der Waals surface area contributed by atoms with Crippen molar-refractivity contribution < 1.29 is 19.1 Å². The lowest BCUT2D eigenvalue weighted by molar-refractivity contribution is -0.122. The maximum Gasteiger partial charge on any atom is 0.338 e. The molecule has 0 aliphatic rings. The minimum absolute atomic E-state index is 0.254. The predicted octanol–water partition coefficient (Wildman–Crippen LogP) is 3.97. The van der Waals surface area contributed by atoms with E-state index >= 15 is 0 Å². The van der Waals surface area contributed by atoms with E-state index in [9.17, 15) is 9.59 Å². The number of carbonyl (C=O) groups excluding carboxylic acids is 2. The molecule has 0 spiro atoms. The minimum atomic E-state index is -0.618. The Balaban J connectivity index is 2.13. The third-order valence-electron chi connectivity index (χ3n) is 3.77. The number of benzene rings is 2. The molecular weight excluding hydrogens is 318 g/mol. The molecule has 0 aromatic heterocycles. The fourth-order valence-electron chi connectivity index (χ4n) is 2.40. The molecule has 0 saturated carbocycles. The molecule has 132 valence electrons. The lowest BCUT2D eigenvalue weighted by Crippen LogP contribution is -2.32. The smallest absolute Gasteiger partial charge is 0.338 e. The average molecular weight is 341 g/mol. The van der Waals surface area contributed by atoms with Crippen LogP contribution in [0.1, 0.15) is 36.2 Å². The van der Waals surface area contributed by atoms with Gasteiger partial charge in [-0.15, -0.1) is 0 Å². The van der Waals surface area contributed by atoms with Gasteiger partial charge in [0, 0.05) is 5.69 Å². The Bertz CT molecular complexity index is 728. The number of hydrogen-bond donors (Lipinski definition) is 1. The van der Waals surface area contributed by atoms with Crippen LogP contribution in [0.5, 0.6) is 5.75 Å². The van der Waals surface area contributed by atoms with E-state index in [4.69, 9.17) is 9.47 Å². The number of ether oxygens (including phenoxy) is 2. The van der Waals surface area contributed by atoms with Crippen LogP contribution in [0.4, 0.5) is 5.69 Å². The Morgan fingerprint density at radius 1 is 1.04 bits per heavy atom. The summed E-state index contributed by atoms with van der Waals surface area (Å²) in [6.07, 6.45) is -0.0924. The lowest BCUT2D eigenvalue weighted by atomic mass is 10.1. The fourth-order valence-corrected chi connectivity index (χ4v) is 2.40. The van der Waals surface area contributed by atoms with E-state index in [1.165, 1.54) is 0 Å². The van der Waals surface area contributed by atoms with Crippen LogP contribution in [0.25, 0.3) is 0 Å². The topological polar surface area (TPSA) is 64.6 Å². The van der Waals surface area contributed by atoms with Gasteiger partial charge in [0.2, 0.25) is 0 Å². The first-order chi connectivity index (χ1) is 12.1. The summed E-state index contributed by atoms with van der Waals surface area (Å²) in [5, 5.41) is 2.85. The molecule has 1 amide bonds. The first-order valence-corrected chi connectivity index (χ1v) is 8.36. The van der Waals surface area contributed by atoms with Crippen LogP contribution >= 0.6 is 0 Å². The van der Waals surface area contributed by atoms with Crippen molar-refractivity contribution in [2.45, 2.75) is 33.3 Å². The quantitative estimate of drug-likeness (QED) is 0.774. The zero-order valence-electron chi connectivity index (χ0n) is 14.7. The number of anilines is 1. The number of para-hydroxylation sites is 1. The zero-order chi connectivity index (χ0) is 18.2. The molecule has 1 N–H and O–H groups in total. The Morgan fingerprint density at radius 2 is 1.76 bits per heavy atom. The molecule has 0 saturated heterocycles. The molecule has 5 nitrogen and oxygen atoms in total. The van der Waals surface area contributed by atoms with E-state index in [-0.39, 0.29) is 5.91 Å². The van der Waals surface area contributed by atoms with Gasteiger partial charge in [-0.3, -0.25) is 4.79 Å². The highest BCUT2D eigenvalue weighted by molar-refractivity contribution is 5.98. The molecule has 0 aliphatic carbocycles. The summed E-state index contributed by atoms with van der Waals surface area (Å²) in [4.78, 5) is 24.5. The molecule has 1 unspecified atom stereocenters. The van der Waals surface area contributed by atoms with Crippen molar-refractivity contribution in [3.63, 3.8) is 0 Å². The third kappa shape index (κ3) is 4.83. The predicted molar refractivity (Wildman–Crippen MR) is 96.9 cm³/mol. The van der Waals surface area contributed by atoms with Crippen molar-refractivity contribution in [1.82, 2.24) is 0 Å². The number of hydrogen-bond acceptors (Lipinski definition) is 4. The van der Waals surface area contributed by atoms with Gasteiger partial charge >= 0.3 is 5.97 Å². The molecule has 1 atom stereocenters. The highest BCUT2D eigenvalue weighted by atomic mass is 16.5. The first-order valence-electron chi connectivity index (χ1n) is 8.36. The van der Waals surface area contributed by atoms with Crippen LogP contribution in [0.2, 0.25) is 0 Å². The van der Waals surface area contributed by atoms with E-state index < -0.39 is 12.1 Å². The van der Waals surface area contributed by atoms with Gasteiger partial charge in [0.25, 0.3) is 5.91 Å². The van der Waals surface area contributed by atoms with Gasteiger partial charge in [-0.1, -0.05) is 31.2 Å². The maximum absolute atomic E-state index is 12.6. The largest absolute Gasteiger partial charge is 0.481 e. The third-order valence-corrected chi connectivity index (χ3v) is 3.77. The molecule has 2 aromatic carbocycles. The molecule has 0 radical (unpaired) electrons. The van der Waals surface area contributed by atoms with Crippen LogP contribution in [0.3, 0.4) is 0 Å². The number of amides is 1. The maximum atomic E-state index is 12.6. The second-order valence-corrected chi connectivity index (χ2v) is 5.52. The highest BCUT2D eigenvalue weighted by Gasteiger charge is 2.20. The summed E-state index contributed by atoms with van der Waals surface area (Å²) >= 11 is 0. The molecule has 5 heteroatoms. The first kappa shape index (κ1) is 18.5. The van der Waals surface area contributed by atoms with Crippen LogP contribution in [0, 0.1) is 6.92 Å². The van der Waals surface area contributed by atoms with Gasteiger partial charge in [-0.05, 0) is 50.1 Å². The van der Waals surface area contributed by atoms with Crippen molar-refractivity contribution in [2.24, 2.45) is 0 Å². The highest BCUT2D eigenvalue weighted by Crippen LogP contribution is 2.21. The summed E-state index contributed by atoms with van der Waals surface area (Å²) in [5.41, 5.74) is 1.69. The van der Waals surface area contributed by atoms with Gasteiger partial charge in [-0.25, -0.2) is 4.79 Å². The summed E-state index contributed by atoms with van der Waals surface area (Å²) in [6.45, 7) is 5.72. The van der Waals surface area contributed by atoms with Crippen LogP contribution in [0.15, 0.2) is 48.5 Å². The summed E-state index contributed by atoms with van der Waals surface area (Å²) in [7, 11) is 0. The monoisotopic (exact) mass is 341 g/mol. The Labute approximate surface area is 148 Å². The average Bonchev–Trinajstić information content (AvgIpc) is 2.62. The van der Waals surface area contributed by atoms with E-state index in [0.29, 0.717) is 35.6 Å². The molecule has 25 heavy (non-hydrogen) atoms. The summed E-state index contributed by atoms with van der Waals surface area (Å²) < 4.78 is 10.8. The molecule has 0 fully saturated rings. The van der Waals surface area contributed by atoms with Gasteiger partial charge < -0.3 is 14.8 Å². The van der Waals surface area contributed by atoms with E-state index in [0.717, 1.165) is 0 Å². The SMILES string of the molecule is CCOC(=O)c1cccc(NC(=O)C(CC)Oc2ccccc2)c1C. The molecule has 2 rings (SSSR count). The Hall–Kier alpha value is -2.82. The van der Waals surface area contributed by atoms with Gasteiger partial charge in [0.1, 0.15) is 5.75 Å². The normalized spacial score (nSPS) is 11.5. The molecule has 2 aromatic rings. The van der Waals surface area contributed by atoms with Crippen molar-refractivity contribution >= 4 is 17.6 Å². The fraction of sp³-hybridized carbons (Fsp3) is 0.300. The van der Waals surface area contributed by atoms with Crippen LogP contribution in [-0.4, -0.2) is 24.6 Å². The van der Waals surface area contributed by atoms with Crippen LogP contribution < -0.4 is 10.1 Å². The van der Waals surface area contributed by atoms with E-state index in [1.54, 1.807) is 32.0 Å². The number of rotatable bonds is 7. The molecule has 0 bridgehead atoms. The number of nitrogens with one attached hydrogen (secondary N) is 1. The van der Waals surface area contributed by atoms with Crippen LogP contribution in [-0.2, 0) is 9.53 Å². The number of esters is 1. The minimum Gasteiger partial charge on any atom is -0.481 e. The van der Waals surface area contributed by atoms with E-state index in [1.807, 2.05) is 37.3 Å². The van der Waals surface area contributed by atoms with Gasteiger partial charge in [0.15, 0.2) is 6.10 Å². The van der Waals surface area contributed by atoms with E-state index in [2.05, 4.69) is 5.32 Å². The zero-order valence-corrected chi connectivity index (χ0v) is 14.7. The summed E-state index contributed by atoms with van der Waals surface area (Å²) in [5.74, 6) is -0.0133. The van der Waals surface area contributed by atoms with Crippen molar-refractivity contribution in [1.29, 1.82) is 0 Å². The molecule has 0 aliphatic heterocycles. The van der Waals surface area contributed by atoms with Gasteiger partial charge in [0.05, 0.1) is 12.2 Å². The summed E-state index contributed by atoms with van der Waals surface area (Å²) in [6, 6.07) is 14.4. The Kier molecular flexibility index (Phi) is 6.57. The molecule has 0 heterocycles. The van der Waals surface area contributed by atoms with Crippen molar-refractivity contribution in [3.8, 4) is 5.75 Å². The van der Waals surface area contributed by atoms with Crippen molar-refractivity contribution in [3.05, 3.63) is 59.7 Å². The number of carbonyl (C=O) groups is 2.